The average molecular weight is 212 g/mol. The summed E-state index contributed by atoms with van der Waals surface area (Å²) < 4.78 is 22.0. The van der Waals surface area contributed by atoms with Crippen LogP contribution in [0.15, 0.2) is 11.1 Å². The Kier molecular flexibility index (Phi) is 2.38. The van der Waals surface area contributed by atoms with Crippen molar-refractivity contribution in [2.24, 2.45) is 0 Å². The number of hydrogen-bond acceptors (Lipinski definition) is 4. The summed E-state index contributed by atoms with van der Waals surface area (Å²) >= 11 is 5.56. The fourth-order valence-electron chi connectivity index (χ4n) is 0.752. The molecule has 0 spiro atoms. The molecule has 0 saturated carbocycles. The maximum absolute atomic E-state index is 11.0. The molecular weight excluding hydrogens is 202 g/mol. The molecule has 6 heteroatoms. The molecule has 0 aromatic rings. The Morgan fingerprint density at radius 1 is 1.75 bits per heavy atom. The molecule has 0 aromatic heterocycles. The van der Waals surface area contributed by atoms with Crippen LogP contribution in [0, 0.1) is 0 Å². The average Bonchev–Trinajstić information content (AvgIpc) is 2.32. The molecule has 1 rings (SSSR count). The van der Waals surface area contributed by atoms with E-state index in [2.05, 4.69) is 5.48 Å². The van der Waals surface area contributed by atoms with Crippen molar-refractivity contribution in [1.82, 2.24) is 5.48 Å². The first kappa shape index (κ1) is 9.83. The van der Waals surface area contributed by atoms with Gasteiger partial charge in [0.2, 0.25) is 0 Å². The molecule has 0 amide bonds. The lowest BCUT2D eigenvalue weighted by molar-refractivity contribution is -0.0106. The van der Waals surface area contributed by atoms with Gasteiger partial charge in [-0.15, -0.1) is 11.6 Å². The van der Waals surface area contributed by atoms with E-state index < -0.39 is 15.4 Å². The summed E-state index contributed by atoms with van der Waals surface area (Å²) in [6.45, 7) is 1.70. The zero-order chi connectivity index (χ0) is 9.41. The smallest absolute Gasteiger partial charge is 0.192 e. The molecule has 4 nitrogen and oxygen atoms in total. The molecule has 70 valence electrons. The van der Waals surface area contributed by atoms with Crippen LogP contribution in [-0.2, 0) is 14.7 Å². The minimum Gasteiger partial charge on any atom is -0.264 e. The Morgan fingerprint density at radius 2 is 2.33 bits per heavy atom. The molecule has 0 saturated heterocycles. The van der Waals surface area contributed by atoms with Crippen LogP contribution in [0.5, 0.6) is 0 Å². The summed E-state index contributed by atoms with van der Waals surface area (Å²) in [5, 5.41) is 0.0747. The van der Waals surface area contributed by atoms with Crippen LogP contribution >= 0.6 is 11.6 Å². The zero-order valence-electron chi connectivity index (χ0n) is 6.80. The van der Waals surface area contributed by atoms with Crippen molar-refractivity contribution < 1.29 is 13.3 Å². The second-order valence-corrected chi connectivity index (χ2v) is 5.18. The van der Waals surface area contributed by atoms with E-state index in [-0.39, 0.29) is 10.9 Å². The predicted molar refractivity (Wildman–Crippen MR) is 46.3 cm³/mol. The highest BCUT2D eigenvalue weighted by molar-refractivity contribution is 7.94. The fraction of sp³-hybridized carbons (Fsp3) is 0.667. The minimum absolute atomic E-state index is 0.0747. The second kappa shape index (κ2) is 2.90. The number of hydroxylamine groups is 1. The second-order valence-electron chi connectivity index (χ2n) is 2.93. The van der Waals surface area contributed by atoms with Gasteiger partial charge in [0.1, 0.15) is 5.60 Å². The van der Waals surface area contributed by atoms with Crippen LogP contribution < -0.4 is 5.48 Å². The van der Waals surface area contributed by atoms with Gasteiger partial charge in [-0.05, 0) is 13.0 Å². The Morgan fingerprint density at radius 3 is 2.58 bits per heavy atom. The summed E-state index contributed by atoms with van der Waals surface area (Å²) in [4.78, 5) is 4.98. The maximum Gasteiger partial charge on any atom is 0.192 e. The normalized spacial score (nSPS) is 29.8. The monoisotopic (exact) mass is 211 g/mol. The lowest BCUT2D eigenvalue weighted by Gasteiger charge is -2.14. The fourth-order valence-corrected chi connectivity index (χ4v) is 1.54. The third-order valence-electron chi connectivity index (χ3n) is 1.49. The van der Waals surface area contributed by atoms with Crippen LogP contribution in [0.2, 0.25) is 0 Å². The number of hydrogen-bond donors (Lipinski definition) is 1. The first-order valence-corrected chi connectivity index (χ1v) is 5.73. The molecule has 0 radical (unpaired) electrons. The summed E-state index contributed by atoms with van der Waals surface area (Å²) in [5.41, 5.74) is 1.60. The number of alkyl halides is 1. The van der Waals surface area contributed by atoms with Gasteiger partial charge in [0.25, 0.3) is 0 Å². The molecule has 0 aromatic carbocycles. The van der Waals surface area contributed by atoms with E-state index in [1.807, 2.05) is 0 Å². The van der Waals surface area contributed by atoms with Gasteiger partial charge in [-0.3, -0.25) is 10.3 Å². The molecule has 1 N–H and O–H groups in total. The van der Waals surface area contributed by atoms with Crippen molar-refractivity contribution in [2.45, 2.75) is 12.5 Å². The van der Waals surface area contributed by atoms with E-state index in [1.165, 1.54) is 6.08 Å². The largest absolute Gasteiger partial charge is 0.264 e. The highest BCUT2D eigenvalue weighted by atomic mass is 35.5. The molecule has 1 unspecified atom stereocenters. The van der Waals surface area contributed by atoms with Crippen LogP contribution in [0.3, 0.4) is 0 Å². The Hall–Kier alpha value is -0.260. The van der Waals surface area contributed by atoms with Gasteiger partial charge in [-0.25, -0.2) is 8.42 Å². The van der Waals surface area contributed by atoms with E-state index in [9.17, 15) is 8.42 Å². The van der Waals surface area contributed by atoms with Gasteiger partial charge in [-0.1, -0.05) is 0 Å². The Bertz CT molecular complexity index is 311. The lowest BCUT2D eigenvalue weighted by Crippen LogP contribution is -2.27. The summed E-state index contributed by atoms with van der Waals surface area (Å²) in [5.74, 6) is 0.207. The summed E-state index contributed by atoms with van der Waals surface area (Å²) in [6, 6.07) is 0. The molecule has 12 heavy (non-hydrogen) atoms. The molecule has 0 fully saturated rings. The first-order valence-electron chi connectivity index (χ1n) is 3.30. The van der Waals surface area contributed by atoms with Gasteiger partial charge in [0, 0.05) is 6.26 Å². The Balaban J connectivity index is 2.94. The molecular formula is C6H10ClNO3S. The topological polar surface area (TPSA) is 55.4 Å². The molecule has 1 atom stereocenters. The third kappa shape index (κ3) is 1.91. The van der Waals surface area contributed by atoms with E-state index in [1.54, 1.807) is 6.92 Å². The third-order valence-corrected chi connectivity index (χ3v) is 3.02. The van der Waals surface area contributed by atoms with Crippen molar-refractivity contribution in [2.75, 3.05) is 12.1 Å². The van der Waals surface area contributed by atoms with E-state index in [4.69, 9.17) is 16.4 Å². The quantitative estimate of drug-likeness (QED) is 0.672. The SMILES string of the molecule is CC1(CCl)C=C(S(C)(=O)=O)NO1. The molecule has 1 heterocycles. The van der Waals surface area contributed by atoms with Gasteiger partial charge in [0.15, 0.2) is 14.9 Å². The predicted octanol–water partition coefficient (Wildman–Crippen LogP) is 0.405. The molecule has 0 aliphatic carbocycles. The lowest BCUT2D eigenvalue weighted by atomic mass is 10.1. The van der Waals surface area contributed by atoms with Crippen molar-refractivity contribution in [3.05, 3.63) is 11.1 Å². The van der Waals surface area contributed by atoms with Gasteiger partial charge >= 0.3 is 0 Å². The van der Waals surface area contributed by atoms with Crippen LogP contribution in [-0.4, -0.2) is 26.2 Å². The Labute approximate surface area is 76.4 Å². The van der Waals surface area contributed by atoms with Crippen molar-refractivity contribution in [3.63, 3.8) is 0 Å². The van der Waals surface area contributed by atoms with E-state index >= 15 is 0 Å². The van der Waals surface area contributed by atoms with Gasteiger partial charge in [-0.2, -0.15) is 0 Å². The number of sulfone groups is 1. The summed E-state index contributed by atoms with van der Waals surface area (Å²) in [6.07, 6.45) is 2.57. The number of halogens is 1. The van der Waals surface area contributed by atoms with Crippen LogP contribution in [0.4, 0.5) is 0 Å². The van der Waals surface area contributed by atoms with Crippen LogP contribution in [0.25, 0.3) is 0 Å². The molecule has 1 aliphatic rings. The minimum atomic E-state index is -3.22. The number of rotatable bonds is 2. The van der Waals surface area contributed by atoms with E-state index in [0.717, 1.165) is 6.26 Å². The van der Waals surface area contributed by atoms with Crippen LogP contribution in [0.1, 0.15) is 6.92 Å². The van der Waals surface area contributed by atoms with Gasteiger partial charge < -0.3 is 0 Å². The molecule has 1 aliphatic heterocycles. The summed E-state index contributed by atoms with van der Waals surface area (Å²) in [7, 11) is -3.22. The van der Waals surface area contributed by atoms with Gasteiger partial charge in [0.05, 0.1) is 5.88 Å². The molecule has 0 bridgehead atoms. The number of nitrogens with one attached hydrogen (secondary N) is 1. The maximum atomic E-state index is 11.0. The highest BCUT2D eigenvalue weighted by Gasteiger charge is 2.32. The van der Waals surface area contributed by atoms with E-state index in [0.29, 0.717) is 0 Å². The standard InChI is InChI=1S/C6H10ClNO3S/c1-6(4-7)3-5(8-11-6)12(2,9)10/h3,8H,4H2,1-2H3. The van der Waals surface area contributed by atoms with Crippen molar-refractivity contribution in [3.8, 4) is 0 Å². The van der Waals surface area contributed by atoms with Crippen molar-refractivity contribution >= 4 is 21.4 Å². The zero-order valence-corrected chi connectivity index (χ0v) is 8.37. The highest BCUT2D eigenvalue weighted by Crippen LogP contribution is 2.22. The first-order chi connectivity index (χ1) is 5.37. The van der Waals surface area contributed by atoms with Crippen molar-refractivity contribution in [1.29, 1.82) is 0 Å².